The lowest BCUT2D eigenvalue weighted by molar-refractivity contribution is -0.297. The molecular weight excluding hydrogens is 859 g/mol. The van der Waals surface area contributed by atoms with Gasteiger partial charge < -0.3 is 44.0 Å². The zero-order chi connectivity index (χ0) is 49.0. The highest BCUT2D eigenvalue weighted by molar-refractivity contribution is 6.00. The Hall–Kier alpha value is -5.19. The van der Waals surface area contributed by atoms with Gasteiger partial charge in [0, 0.05) is 47.5 Å². The van der Waals surface area contributed by atoms with Crippen LogP contribution < -0.4 is 10.1 Å². The molecule has 6 rings (SSSR count). The van der Waals surface area contributed by atoms with Crippen LogP contribution in [0.15, 0.2) is 67.4 Å². The summed E-state index contributed by atoms with van der Waals surface area (Å²) in [6.45, 7) is 17.7. The summed E-state index contributed by atoms with van der Waals surface area (Å²) in [4.78, 5) is 62.8. The van der Waals surface area contributed by atoms with Gasteiger partial charge in [0.1, 0.15) is 23.9 Å². The van der Waals surface area contributed by atoms with E-state index in [2.05, 4.69) is 16.9 Å². The van der Waals surface area contributed by atoms with E-state index in [0.717, 1.165) is 22.0 Å². The van der Waals surface area contributed by atoms with E-state index in [-0.39, 0.29) is 37.5 Å². The van der Waals surface area contributed by atoms with Gasteiger partial charge in [-0.25, -0.2) is 4.79 Å². The van der Waals surface area contributed by atoms with Crippen molar-refractivity contribution in [2.24, 2.45) is 23.7 Å². The fourth-order valence-corrected chi connectivity index (χ4v) is 10.3. The Morgan fingerprint density at radius 2 is 1.76 bits per heavy atom. The number of allylic oxidation sites excluding steroid dienone is 1. The van der Waals surface area contributed by atoms with Crippen molar-refractivity contribution in [3.8, 4) is 11.5 Å². The number of pyridine rings is 1. The number of esters is 1. The van der Waals surface area contributed by atoms with Crippen molar-refractivity contribution >= 4 is 40.6 Å². The minimum absolute atomic E-state index is 0.00858. The zero-order valence-electron chi connectivity index (χ0n) is 40.5. The number of hydrogen-bond donors (Lipinski definition) is 3. The van der Waals surface area contributed by atoms with Crippen molar-refractivity contribution in [2.75, 3.05) is 20.8 Å². The van der Waals surface area contributed by atoms with Gasteiger partial charge in [0.25, 0.3) is 0 Å². The first-order valence-electron chi connectivity index (χ1n) is 23.4. The first kappa shape index (κ1) is 51.2. The number of methoxy groups -OCH3 is 1. The van der Waals surface area contributed by atoms with Gasteiger partial charge in [-0.15, -0.1) is 6.58 Å². The second-order valence-electron chi connectivity index (χ2n) is 19.1. The molecule has 0 spiro atoms. The van der Waals surface area contributed by atoms with Gasteiger partial charge in [-0.1, -0.05) is 70.2 Å². The molecule has 3 aliphatic rings. The van der Waals surface area contributed by atoms with Crippen LogP contribution in [0.3, 0.4) is 0 Å². The third-order valence-corrected chi connectivity index (χ3v) is 14.0. The number of benzene rings is 2. The molecule has 1 unspecified atom stereocenters. The molecule has 15 nitrogen and oxygen atoms in total. The minimum Gasteiger partial charge on any atom is -0.504 e. The molecule has 1 aromatic heterocycles. The number of ether oxygens (including phenoxy) is 6. The number of aromatic nitrogens is 1. The van der Waals surface area contributed by atoms with E-state index in [1.54, 1.807) is 59.9 Å². The summed E-state index contributed by atoms with van der Waals surface area (Å²) in [7, 11) is 3.32. The van der Waals surface area contributed by atoms with Crippen LogP contribution in [-0.2, 0) is 51.0 Å². The van der Waals surface area contributed by atoms with Crippen molar-refractivity contribution in [3.63, 3.8) is 0 Å². The van der Waals surface area contributed by atoms with Crippen molar-refractivity contribution in [2.45, 2.75) is 142 Å². The summed E-state index contributed by atoms with van der Waals surface area (Å²) in [5, 5.41) is 27.2. The van der Waals surface area contributed by atoms with Crippen LogP contribution in [0.4, 0.5) is 4.79 Å². The molecule has 3 aliphatic heterocycles. The largest absolute Gasteiger partial charge is 0.504 e. The Morgan fingerprint density at radius 1 is 1.03 bits per heavy atom. The number of cyclic esters (lactones) is 1. The SMILES string of the molecule is C=CCc1cc(CN(C)[C@H]2C[C@@H](C)OC(O[C@@H]3[C@@H](C)C(=O)[C@@H](C)C(=O)O[C@H](CC)[C@@]4(C)OC(=O)N[C@@H]4[C@@H](C)C(=O)[C@H](C)C[C@]3(C)OC/C=C/c3cnc4ccccc4c3)[C@@H]2O)c(O)c(OC)c1. The standard InChI is InChI=1S/C52H69N3O12/c1-12-17-34-23-37(44(58)40(25-34)62-11)28-55(10)39-22-30(4)64-49(45(39)59)66-47-32(6)43(57)33(7)48(60)65-41(13-2)52(9)46(54-50(61)67-52)31(5)42(56)29(3)26-51(47,8)63-21-16-18-35-24-36-19-14-15-20-38(36)53-27-35/h12,14-16,18-20,23-25,27,29-33,39,41,45-47,49,58-59H,1,13,17,21-22,26,28H2,2-11H3,(H,54,61)/b18-16+/t29-,30-,31+,32+,33-,39+,41-,45-,46-,47-,49?,51+,52-/m1/s1. The normalized spacial score (nSPS) is 33.2. The van der Waals surface area contributed by atoms with Crippen molar-refractivity contribution < 1.29 is 57.8 Å². The third-order valence-electron chi connectivity index (χ3n) is 14.0. The quantitative estimate of drug-likeness (QED) is 0.0892. The Morgan fingerprint density at radius 3 is 2.46 bits per heavy atom. The number of carbonyl (C=O) groups excluding carboxylic acids is 4. The molecule has 2 aromatic carbocycles. The van der Waals surface area contributed by atoms with Crippen LogP contribution >= 0.6 is 0 Å². The third kappa shape index (κ3) is 11.1. The smallest absolute Gasteiger partial charge is 0.408 e. The molecule has 13 atom stereocenters. The highest BCUT2D eigenvalue weighted by Gasteiger charge is 2.57. The highest BCUT2D eigenvalue weighted by Crippen LogP contribution is 2.41. The molecule has 1 amide bonds. The second kappa shape index (κ2) is 21.4. The molecule has 4 heterocycles. The summed E-state index contributed by atoms with van der Waals surface area (Å²) in [6, 6.07) is 12.0. The van der Waals surface area contributed by atoms with Crippen LogP contribution in [0.5, 0.6) is 11.5 Å². The summed E-state index contributed by atoms with van der Waals surface area (Å²) >= 11 is 0. The number of carbonyl (C=O) groups is 4. The number of phenols is 1. The summed E-state index contributed by atoms with van der Waals surface area (Å²) in [5.74, 6) is -5.20. The summed E-state index contributed by atoms with van der Waals surface area (Å²) in [5.41, 5.74) is 0.295. The molecule has 15 heteroatoms. The Labute approximate surface area is 394 Å². The van der Waals surface area contributed by atoms with Crippen LogP contribution in [-0.4, -0.2) is 118 Å². The van der Waals surface area contributed by atoms with E-state index in [0.29, 0.717) is 24.2 Å². The number of aliphatic hydroxyl groups is 1. The van der Waals surface area contributed by atoms with E-state index >= 15 is 0 Å². The van der Waals surface area contributed by atoms with Gasteiger partial charge in [0.15, 0.2) is 29.2 Å². The number of Topliss-reactive ketones (excluding diaryl/α,β-unsaturated/α-hetero) is 2. The number of alkyl carbamates (subject to hydrolysis) is 1. The highest BCUT2D eigenvalue weighted by atomic mass is 16.7. The van der Waals surface area contributed by atoms with E-state index in [1.165, 1.54) is 14.0 Å². The number of ketones is 2. The summed E-state index contributed by atoms with van der Waals surface area (Å²) < 4.78 is 37.4. The van der Waals surface area contributed by atoms with Crippen LogP contribution in [0, 0.1) is 23.7 Å². The van der Waals surface area contributed by atoms with Crippen molar-refractivity contribution in [1.29, 1.82) is 0 Å². The number of nitrogens with one attached hydrogen (secondary N) is 1. The Kier molecular flexibility index (Phi) is 16.4. The van der Waals surface area contributed by atoms with Gasteiger partial charge in [-0.3, -0.25) is 24.3 Å². The zero-order valence-corrected chi connectivity index (χ0v) is 40.5. The number of para-hydroxylation sites is 1. The number of amides is 1. The molecule has 364 valence electrons. The first-order chi connectivity index (χ1) is 31.7. The maximum absolute atomic E-state index is 14.7. The van der Waals surface area contributed by atoms with E-state index in [4.69, 9.17) is 28.4 Å². The molecule has 0 radical (unpaired) electrons. The van der Waals surface area contributed by atoms with Crippen LogP contribution in [0.1, 0.15) is 91.3 Å². The van der Waals surface area contributed by atoms with E-state index in [9.17, 15) is 29.4 Å². The van der Waals surface area contributed by atoms with Gasteiger partial charge in [-0.05, 0) is 89.8 Å². The van der Waals surface area contributed by atoms with E-state index in [1.807, 2.05) is 67.4 Å². The molecule has 0 bridgehead atoms. The van der Waals surface area contributed by atoms with E-state index < -0.39 is 95.5 Å². The van der Waals surface area contributed by atoms with Crippen LogP contribution in [0.25, 0.3) is 17.0 Å². The van der Waals surface area contributed by atoms with Gasteiger partial charge in [0.05, 0.1) is 43.1 Å². The van der Waals surface area contributed by atoms with Crippen LogP contribution in [0.2, 0.25) is 0 Å². The molecule has 0 saturated carbocycles. The topological polar surface area (TPSA) is 192 Å². The molecule has 3 fully saturated rings. The predicted molar refractivity (Wildman–Crippen MR) is 252 cm³/mol. The first-order valence-corrected chi connectivity index (χ1v) is 23.4. The monoisotopic (exact) mass is 927 g/mol. The fourth-order valence-electron chi connectivity index (χ4n) is 10.3. The molecule has 3 saturated heterocycles. The average Bonchev–Trinajstić information content (AvgIpc) is 3.62. The van der Waals surface area contributed by atoms with Crippen molar-refractivity contribution in [1.82, 2.24) is 15.2 Å². The number of phenolic OH excluding ortho intramolecular Hbond substituents is 1. The Bertz CT molecular complexity index is 2320. The lowest BCUT2D eigenvalue weighted by Gasteiger charge is -2.47. The molecule has 3 N–H and O–H groups in total. The number of likely N-dealkylation sites (N-methyl/N-ethyl adjacent to an activating group) is 1. The fraction of sp³-hybridized carbons (Fsp3) is 0.558. The predicted octanol–water partition coefficient (Wildman–Crippen LogP) is 7.12. The van der Waals surface area contributed by atoms with Gasteiger partial charge >= 0.3 is 12.1 Å². The van der Waals surface area contributed by atoms with Gasteiger partial charge in [-0.2, -0.15) is 0 Å². The lowest BCUT2D eigenvalue weighted by Crippen LogP contribution is -2.60. The number of rotatable bonds is 13. The molecule has 0 aliphatic carbocycles. The lowest BCUT2D eigenvalue weighted by atomic mass is 9.73. The number of aliphatic hydroxyl groups excluding tert-OH is 1. The molecule has 3 aromatic rings. The number of hydrogen-bond acceptors (Lipinski definition) is 14. The van der Waals surface area contributed by atoms with Gasteiger partial charge in [0.2, 0.25) is 0 Å². The Balaban J connectivity index is 1.38. The van der Waals surface area contributed by atoms with Crippen molar-refractivity contribution in [3.05, 3.63) is 84.1 Å². The maximum Gasteiger partial charge on any atom is 0.408 e. The minimum atomic E-state index is -1.45. The second-order valence-corrected chi connectivity index (χ2v) is 19.1. The number of aromatic hydroxyl groups is 1. The molecule has 67 heavy (non-hydrogen) atoms. The summed E-state index contributed by atoms with van der Waals surface area (Å²) in [6.07, 6.45) is 2.46. The average molecular weight is 928 g/mol. The number of nitrogens with zero attached hydrogens (tertiary/aromatic N) is 2. The number of fused-ring (bicyclic) bond motifs is 2. The molecular formula is C52H69N3O12. The maximum atomic E-state index is 14.7.